The van der Waals surface area contributed by atoms with E-state index in [0.29, 0.717) is 12.3 Å². The number of benzene rings is 2. The van der Waals surface area contributed by atoms with E-state index in [-0.39, 0.29) is 0 Å². The van der Waals surface area contributed by atoms with Crippen LogP contribution >= 0.6 is 0 Å². The molecule has 4 aromatic rings. The third kappa shape index (κ3) is 2.48. The molecule has 0 N–H and O–H groups in total. The van der Waals surface area contributed by atoms with Gasteiger partial charge in [-0.05, 0) is 6.07 Å². The minimum atomic E-state index is 0.576. The molecule has 2 aromatic heterocycles. The summed E-state index contributed by atoms with van der Waals surface area (Å²) < 4.78 is 16.6. The second-order valence-electron chi connectivity index (χ2n) is 5.27. The molecule has 0 saturated heterocycles. The predicted molar refractivity (Wildman–Crippen MR) is 87.5 cm³/mol. The van der Waals surface area contributed by atoms with Crippen molar-refractivity contribution in [2.24, 2.45) is 0 Å². The van der Waals surface area contributed by atoms with E-state index in [9.17, 15) is 0 Å². The number of hydrogen-bond donors (Lipinski definition) is 0. The highest BCUT2D eigenvalue weighted by molar-refractivity contribution is 5.86. The molecule has 0 bridgehead atoms. The molecule has 0 fully saturated rings. The number of methoxy groups -OCH3 is 1. The van der Waals surface area contributed by atoms with Gasteiger partial charge in [0.25, 0.3) is 0 Å². The fourth-order valence-electron chi connectivity index (χ4n) is 2.68. The van der Waals surface area contributed by atoms with Gasteiger partial charge in [-0.1, -0.05) is 42.5 Å². The molecule has 0 amide bonds. The van der Waals surface area contributed by atoms with Crippen molar-refractivity contribution in [3.05, 3.63) is 72.5 Å². The van der Waals surface area contributed by atoms with Crippen LogP contribution in [-0.2, 0) is 6.42 Å². The van der Waals surface area contributed by atoms with E-state index < -0.39 is 0 Å². The molecule has 4 rings (SSSR count). The predicted octanol–water partition coefficient (Wildman–Crippen LogP) is 4.69. The minimum Gasteiger partial charge on any atom is -0.493 e. The Labute approximate surface area is 133 Å². The normalized spacial score (nSPS) is 11.0. The molecule has 0 aliphatic rings. The first-order chi connectivity index (χ1) is 11.3. The Balaban J connectivity index is 1.65. The molecule has 23 heavy (non-hydrogen) atoms. The van der Waals surface area contributed by atoms with Crippen LogP contribution < -0.4 is 4.74 Å². The highest BCUT2D eigenvalue weighted by Gasteiger charge is 2.13. The summed E-state index contributed by atoms with van der Waals surface area (Å²) in [5.41, 5.74) is 3.66. The van der Waals surface area contributed by atoms with Crippen LogP contribution in [0.15, 0.2) is 69.9 Å². The minimum absolute atomic E-state index is 0.576. The van der Waals surface area contributed by atoms with E-state index >= 15 is 0 Å². The molecule has 0 aliphatic heterocycles. The number of ether oxygens (including phenoxy) is 1. The molecule has 0 aliphatic carbocycles. The lowest BCUT2D eigenvalue weighted by Crippen LogP contribution is -1.88. The summed E-state index contributed by atoms with van der Waals surface area (Å²) in [6, 6.07) is 15.8. The van der Waals surface area contributed by atoms with Crippen molar-refractivity contribution in [1.29, 1.82) is 0 Å². The number of nitrogens with zero attached hydrogens (tertiary/aromatic N) is 1. The molecule has 0 spiro atoms. The number of furan rings is 1. The Kier molecular flexibility index (Phi) is 3.35. The smallest absolute Gasteiger partial charge is 0.199 e. The number of rotatable bonds is 4. The average molecular weight is 305 g/mol. The summed E-state index contributed by atoms with van der Waals surface area (Å²) in [5, 5.41) is 1.02. The molecule has 4 heteroatoms. The second kappa shape index (κ2) is 5.65. The first kappa shape index (κ1) is 13.6. The average Bonchev–Trinajstić information content (AvgIpc) is 3.23. The zero-order valence-electron chi connectivity index (χ0n) is 12.7. The Morgan fingerprint density at radius 3 is 2.65 bits per heavy atom. The van der Waals surface area contributed by atoms with Gasteiger partial charge < -0.3 is 13.6 Å². The maximum Gasteiger partial charge on any atom is 0.199 e. The van der Waals surface area contributed by atoms with Gasteiger partial charge >= 0.3 is 0 Å². The lowest BCUT2D eigenvalue weighted by atomic mass is 10.1. The van der Waals surface area contributed by atoms with Gasteiger partial charge in [-0.3, -0.25) is 0 Å². The van der Waals surface area contributed by atoms with Crippen LogP contribution in [0.4, 0.5) is 0 Å². The maximum absolute atomic E-state index is 5.64. The Hall–Kier alpha value is -3.01. The van der Waals surface area contributed by atoms with E-state index in [0.717, 1.165) is 33.5 Å². The van der Waals surface area contributed by atoms with Crippen LogP contribution in [0.2, 0.25) is 0 Å². The van der Waals surface area contributed by atoms with Gasteiger partial charge in [-0.15, -0.1) is 0 Å². The number of para-hydroxylation sites is 1. The Morgan fingerprint density at radius 1 is 0.957 bits per heavy atom. The van der Waals surface area contributed by atoms with Gasteiger partial charge in [0.2, 0.25) is 0 Å². The number of hydrogen-bond acceptors (Lipinski definition) is 4. The fraction of sp³-hybridized carbons (Fsp3) is 0.105. The largest absolute Gasteiger partial charge is 0.493 e. The molecule has 0 radical (unpaired) electrons. The molecule has 2 aromatic carbocycles. The summed E-state index contributed by atoms with van der Waals surface area (Å²) in [5.74, 6) is 1.39. The van der Waals surface area contributed by atoms with E-state index in [1.165, 1.54) is 0 Å². The fourth-order valence-corrected chi connectivity index (χ4v) is 2.68. The van der Waals surface area contributed by atoms with E-state index in [1.807, 2.05) is 48.5 Å². The van der Waals surface area contributed by atoms with Crippen molar-refractivity contribution in [1.82, 2.24) is 4.98 Å². The summed E-state index contributed by atoms with van der Waals surface area (Å²) >= 11 is 0. The quantitative estimate of drug-likeness (QED) is 0.549. The molecule has 0 saturated carbocycles. The topological polar surface area (TPSA) is 48.4 Å². The van der Waals surface area contributed by atoms with Gasteiger partial charge in [-0.2, -0.15) is 0 Å². The Bertz CT molecular complexity index is 938. The number of aromatic nitrogens is 1. The van der Waals surface area contributed by atoms with Crippen molar-refractivity contribution < 1.29 is 13.6 Å². The van der Waals surface area contributed by atoms with Crippen LogP contribution in [0.1, 0.15) is 11.5 Å². The van der Waals surface area contributed by atoms with Gasteiger partial charge in [0.1, 0.15) is 12.0 Å². The van der Waals surface area contributed by atoms with Crippen molar-refractivity contribution >= 4 is 11.0 Å². The number of fused-ring (bicyclic) bond motifs is 1. The van der Waals surface area contributed by atoms with Crippen LogP contribution in [0, 0.1) is 0 Å². The second-order valence-corrected chi connectivity index (χ2v) is 5.27. The van der Waals surface area contributed by atoms with Crippen molar-refractivity contribution in [3.8, 4) is 17.0 Å². The van der Waals surface area contributed by atoms with Crippen molar-refractivity contribution in [2.45, 2.75) is 6.42 Å². The lowest BCUT2D eigenvalue weighted by molar-refractivity contribution is 0.410. The molecule has 114 valence electrons. The number of oxazole rings is 1. The molecule has 0 atom stereocenters. The summed E-state index contributed by atoms with van der Waals surface area (Å²) in [7, 11) is 1.64. The van der Waals surface area contributed by atoms with Gasteiger partial charge in [0.05, 0.1) is 19.8 Å². The first-order valence-corrected chi connectivity index (χ1v) is 7.38. The van der Waals surface area contributed by atoms with Gasteiger partial charge in [0, 0.05) is 16.5 Å². The highest BCUT2D eigenvalue weighted by Crippen LogP contribution is 2.31. The van der Waals surface area contributed by atoms with E-state index in [4.69, 9.17) is 13.6 Å². The summed E-state index contributed by atoms with van der Waals surface area (Å²) in [4.78, 5) is 4.57. The third-order valence-electron chi connectivity index (χ3n) is 3.83. The van der Waals surface area contributed by atoms with Gasteiger partial charge in [-0.25, -0.2) is 4.98 Å². The van der Waals surface area contributed by atoms with E-state index in [1.54, 1.807) is 19.6 Å². The van der Waals surface area contributed by atoms with Crippen LogP contribution in [-0.4, -0.2) is 12.1 Å². The van der Waals surface area contributed by atoms with E-state index in [2.05, 4.69) is 4.98 Å². The lowest BCUT2D eigenvalue weighted by Gasteiger charge is -1.99. The Morgan fingerprint density at radius 2 is 1.83 bits per heavy atom. The summed E-state index contributed by atoms with van der Waals surface area (Å²) in [6.45, 7) is 0. The van der Waals surface area contributed by atoms with Crippen LogP contribution in [0.3, 0.4) is 0 Å². The highest BCUT2D eigenvalue weighted by atomic mass is 16.5. The van der Waals surface area contributed by atoms with Crippen molar-refractivity contribution in [3.63, 3.8) is 0 Å². The third-order valence-corrected chi connectivity index (χ3v) is 3.83. The molecule has 0 unspecified atom stereocenters. The molecule has 2 heterocycles. The van der Waals surface area contributed by atoms with Crippen LogP contribution in [0.5, 0.6) is 5.75 Å². The standard InChI is InChI=1S/C19H15NO3/c1-21-17-9-5-8-15-14(11-23-19(15)17)10-18-20-16(12-22-18)13-6-3-2-4-7-13/h2-9,11-12H,10H2,1H3. The SMILES string of the molecule is COc1cccc2c(Cc3nc(-c4ccccc4)co3)coc12. The van der Waals surface area contributed by atoms with Gasteiger partial charge in [0.15, 0.2) is 17.2 Å². The first-order valence-electron chi connectivity index (χ1n) is 7.38. The zero-order chi connectivity index (χ0) is 15.6. The zero-order valence-corrected chi connectivity index (χ0v) is 12.7. The summed E-state index contributed by atoms with van der Waals surface area (Å²) in [6.07, 6.45) is 4.00. The molecular weight excluding hydrogens is 290 g/mol. The van der Waals surface area contributed by atoms with Crippen molar-refractivity contribution in [2.75, 3.05) is 7.11 Å². The maximum atomic E-state index is 5.64. The van der Waals surface area contributed by atoms with Crippen LogP contribution in [0.25, 0.3) is 22.2 Å². The molecular formula is C19H15NO3. The molecule has 4 nitrogen and oxygen atoms in total. The monoisotopic (exact) mass is 305 g/mol.